The summed E-state index contributed by atoms with van der Waals surface area (Å²) >= 11 is 0. The number of rotatable bonds is 3. The smallest absolute Gasteiger partial charge is 0.260 e. The lowest BCUT2D eigenvalue weighted by atomic mass is 10.1. The Bertz CT molecular complexity index is 704. The Labute approximate surface area is 124 Å². The van der Waals surface area contributed by atoms with Crippen LogP contribution >= 0.6 is 0 Å². The highest BCUT2D eigenvalue weighted by molar-refractivity contribution is 7.89. The lowest BCUT2D eigenvalue weighted by Crippen LogP contribution is -2.48. The molecule has 7 heteroatoms. The monoisotopic (exact) mass is 306 g/mol. The second-order valence-corrected chi connectivity index (χ2v) is 7.00. The van der Waals surface area contributed by atoms with Crippen molar-refractivity contribution >= 4 is 15.7 Å². The van der Waals surface area contributed by atoms with E-state index in [1.165, 1.54) is 27.8 Å². The molecule has 1 N–H and O–H groups in total. The van der Waals surface area contributed by atoms with E-state index in [2.05, 4.69) is 34.2 Å². The molecule has 0 atom stereocenters. The first-order valence-corrected chi connectivity index (χ1v) is 8.33. The minimum Gasteiger partial charge on any atom is -0.369 e. The van der Waals surface area contributed by atoms with Gasteiger partial charge in [0.05, 0.1) is 6.20 Å². The minimum absolute atomic E-state index is 0.159. The first-order chi connectivity index (χ1) is 10.1. The fourth-order valence-electron chi connectivity index (χ4n) is 2.61. The van der Waals surface area contributed by atoms with Crippen molar-refractivity contribution in [1.82, 2.24) is 14.5 Å². The van der Waals surface area contributed by atoms with Crippen LogP contribution in [0, 0.1) is 6.92 Å². The summed E-state index contributed by atoms with van der Waals surface area (Å²) in [6.45, 7) is 4.42. The molecule has 0 unspecified atom stereocenters. The van der Waals surface area contributed by atoms with Gasteiger partial charge in [-0.2, -0.15) is 9.40 Å². The zero-order valence-corrected chi connectivity index (χ0v) is 12.7. The van der Waals surface area contributed by atoms with Gasteiger partial charge in [-0.1, -0.05) is 18.2 Å². The van der Waals surface area contributed by atoms with Crippen LogP contribution in [0.15, 0.2) is 41.6 Å². The molecule has 0 aliphatic carbocycles. The van der Waals surface area contributed by atoms with Crippen LogP contribution in [-0.2, 0) is 10.0 Å². The van der Waals surface area contributed by atoms with E-state index in [0.717, 1.165) is 0 Å². The summed E-state index contributed by atoms with van der Waals surface area (Å²) in [7, 11) is -3.45. The van der Waals surface area contributed by atoms with Crippen molar-refractivity contribution in [2.24, 2.45) is 0 Å². The van der Waals surface area contributed by atoms with Gasteiger partial charge in [0.25, 0.3) is 10.0 Å². The molecule has 2 heterocycles. The number of aromatic nitrogens is 2. The van der Waals surface area contributed by atoms with E-state index in [9.17, 15) is 8.42 Å². The number of hydrogen-bond donors (Lipinski definition) is 1. The van der Waals surface area contributed by atoms with Crippen LogP contribution in [0.2, 0.25) is 0 Å². The summed E-state index contributed by atoms with van der Waals surface area (Å²) < 4.78 is 26.3. The summed E-state index contributed by atoms with van der Waals surface area (Å²) in [6, 6.07) is 9.66. The number of piperazine rings is 1. The van der Waals surface area contributed by atoms with Gasteiger partial charge in [0.15, 0.2) is 5.03 Å². The maximum atomic E-state index is 12.4. The molecule has 0 radical (unpaired) electrons. The maximum Gasteiger partial charge on any atom is 0.260 e. The lowest BCUT2D eigenvalue weighted by Gasteiger charge is -2.35. The standard InChI is InChI=1S/C14H18N4O2S/c1-12-4-2-3-5-13(12)17-8-10-18(11-9-17)21(19,20)14-6-7-15-16-14/h2-7H,8-11H2,1H3,(H,15,16). The minimum atomic E-state index is -3.45. The summed E-state index contributed by atoms with van der Waals surface area (Å²) in [5, 5.41) is 6.41. The highest BCUT2D eigenvalue weighted by atomic mass is 32.2. The predicted molar refractivity (Wildman–Crippen MR) is 80.7 cm³/mol. The van der Waals surface area contributed by atoms with Gasteiger partial charge >= 0.3 is 0 Å². The molecule has 0 amide bonds. The molecule has 1 fully saturated rings. The largest absolute Gasteiger partial charge is 0.369 e. The Morgan fingerprint density at radius 1 is 1.10 bits per heavy atom. The van der Waals surface area contributed by atoms with E-state index in [1.807, 2.05) is 12.1 Å². The number of H-pyrrole nitrogens is 1. The van der Waals surface area contributed by atoms with Crippen molar-refractivity contribution in [2.45, 2.75) is 11.9 Å². The van der Waals surface area contributed by atoms with Gasteiger partial charge in [-0.25, -0.2) is 8.42 Å². The van der Waals surface area contributed by atoms with Crippen LogP contribution in [0.1, 0.15) is 5.56 Å². The fraction of sp³-hybridized carbons (Fsp3) is 0.357. The Morgan fingerprint density at radius 3 is 2.43 bits per heavy atom. The van der Waals surface area contributed by atoms with E-state index >= 15 is 0 Å². The highest BCUT2D eigenvalue weighted by Crippen LogP contribution is 2.22. The second-order valence-electron chi connectivity index (χ2n) is 5.10. The highest BCUT2D eigenvalue weighted by Gasteiger charge is 2.29. The second kappa shape index (κ2) is 5.50. The van der Waals surface area contributed by atoms with E-state index in [1.54, 1.807) is 0 Å². The molecule has 112 valence electrons. The third-order valence-corrected chi connectivity index (χ3v) is 5.62. The van der Waals surface area contributed by atoms with Crippen molar-refractivity contribution < 1.29 is 8.42 Å². The molecule has 21 heavy (non-hydrogen) atoms. The third-order valence-electron chi connectivity index (χ3n) is 3.79. The molecule has 1 aliphatic rings. The summed E-state index contributed by atoms with van der Waals surface area (Å²) in [5.41, 5.74) is 2.39. The van der Waals surface area contributed by atoms with Crippen LogP contribution in [-0.4, -0.2) is 49.1 Å². The quantitative estimate of drug-likeness (QED) is 0.926. The molecule has 6 nitrogen and oxygen atoms in total. The average molecular weight is 306 g/mol. The number of benzene rings is 1. The molecule has 1 saturated heterocycles. The lowest BCUT2D eigenvalue weighted by molar-refractivity contribution is 0.383. The average Bonchev–Trinajstić information content (AvgIpc) is 3.03. The van der Waals surface area contributed by atoms with E-state index < -0.39 is 10.0 Å². The van der Waals surface area contributed by atoms with Crippen LogP contribution in [0.5, 0.6) is 0 Å². The Hall–Kier alpha value is -1.86. The first-order valence-electron chi connectivity index (χ1n) is 6.89. The zero-order valence-electron chi connectivity index (χ0n) is 11.9. The van der Waals surface area contributed by atoms with Gasteiger partial charge in [0.1, 0.15) is 0 Å². The van der Waals surface area contributed by atoms with Crippen LogP contribution in [0.25, 0.3) is 0 Å². The van der Waals surface area contributed by atoms with E-state index in [0.29, 0.717) is 26.2 Å². The Morgan fingerprint density at radius 2 is 1.81 bits per heavy atom. The number of hydrogen-bond acceptors (Lipinski definition) is 4. The predicted octanol–water partition coefficient (Wildman–Crippen LogP) is 1.23. The van der Waals surface area contributed by atoms with Gasteiger partial charge < -0.3 is 4.90 Å². The number of nitrogens with one attached hydrogen (secondary N) is 1. The SMILES string of the molecule is Cc1ccccc1N1CCN(S(=O)(=O)c2ccn[nH]2)CC1. The van der Waals surface area contributed by atoms with Gasteiger partial charge in [-0.3, -0.25) is 5.10 Å². The van der Waals surface area contributed by atoms with Crippen LogP contribution in [0.4, 0.5) is 5.69 Å². The normalized spacial score (nSPS) is 17.1. The summed E-state index contributed by atoms with van der Waals surface area (Å²) in [4.78, 5) is 2.23. The Kier molecular flexibility index (Phi) is 3.69. The fourth-order valence-corrected chi connectivity index (χ4v) is 3.94. The van der Waals surface area contributed by atoms with Crippen molar-refractivity contribution in [3.63, 3.8) is 0 Å². The maximum absolute atomic E-state index is 12.4. The van der Waals surface area contributed by atoms with Crippen molar-refractivity contribution in [3.8, 4) is 0 Å². The molecule has 3 rings (SSSR count). The third kappa shape index (κ3) is 2.66. The number of sulfonamides is 1. The molecular formula is C14H18N4O2S. The number of aromatic amines is 1. The molecule has 0 bridgehead atoms. The van der Waals surface area contributed by atoms with Crippen molar-refractivity contribution in [3.05, 3.63) is 42.1 Å². The molecule has 0 saturated carbocycles. The molecule has 1 aromatic heterocycles. The molecular weight excluding hydrogens is 288 g/mol. The first kappa shape index (κ1) is 14.1. The van der Waals surface area contributed by atoms with Crippen molar-refractivity contribution in [1.29, 1.82) is 0 Å². The van der Waals surface area contributed by atoms with E-state index in [-0.39, 0.29) is 5.03 Å². The van der Waals surface area contributed by atoms with Crippen LogP contribution < -0.4 is 4.90 Å². The topological polar surface area (TPSA) is 69.3 Å². The van der Waals surface area contributed by atoms with Crippen molar-refractivity contribution in [2.75, 3.05) is 31.1 Å². The zero-order chi connectivity index (χ0) is 14.9. The number of anilines is 1. The van der Waals surface area contributed by atoms with Gasteiger partial charge in [-0.15, -0.1) is 0 Å². The number of aryl methyl sites for hydroxylation is 1. The van der Waals surface area contributed by atoms with Crippen LogP contribution in [0.3, 0.4) is 0 Å². The number of nitrogens with zero attached hydrogens (tertiary/aromatic N) is 3. The summed E-state index contributed by atoms with van der Waals surface area (Å²) in [5.74, 6) is 0. The van der Waals surface area contributed by atoms with Gasteiger partial charge in [-0.05, 0) is 24.6 Å². The van der Waals surface area contributed by atoms with Gasteiger partial charge in [0, 0.05) is 31.9 Å². The molecule has 1 aliphatic heterocycles. The van der Waals surface area contributed by atoms with Gasteiger partial charge in [0.2, 0.25) is 0 Å². The Balaban J connectivity index is 1.73. The molecule has 0 spiro atoms. The summed E-state index contributed by atoms with van der Waals surface area (Å²) in [6.07, 6.45) is 1.45. The molecule has 2 aromatic rings. The van der Waals surface area contributed by atoms with E-state index in [4.69, 9.17) is 0 Å². The molecule has 1 aromatic carbocycles. The number of para-hydroxylation sites is 1.